The van der Waals surface area contributed by atoms with Gasteiger partial charge in [0.1, 0.15) is 5.69 Å². The highest BCUT2D eigenvalue weighted by Crippen LogP contribution is 2.41. The van der Waals surface area contributed by atoms with Gasteiger partial charge in [-0.1, -0.05) is 48.5 Å². The molecule has 6 rings (SSSR count). The average Bonchev–Trinajstić information content (AvgIpc) is 3.83. The van der Waals surface area contributed by atoms with Crippen LogP contribution in [0.2, 0.25) is 0 Å². The number of fused-ring (bicyclic) bond motifs is 1. The number of nitrogens with one attached hydrogen (secondary N) is 2. The number of carbonyl (C=O) groups excluding carboxylic acids is 1. The number of morpholine rings is 1. The van der Waals surface area contributed by atoms with E-state index >= 15 is 0 Å². The van der Waals surface area contributed by atoms with Crippen LogP contribution in [-0.2, 0) is 14.3 Å². The van der Waals surface area contributed by atoms with Crippen molar-refractivity contribution in [3.63, 3.8) is 0 Å². The van der Waals surface area contributed by atoms with Crippen LogP contribution in [0.25, 0.3) is 5.57 Å². The molecule has 3 heterocycles. The van der Waals surface area contributed by atoms with Crippen LogP contribution in [0.15, 0.2) is 77.9 Å². The Balaban J connectivity index is 1.29. The minimum atomic E-state index is -0.954. The minimum Gasteiger partial charge on any atom is -0.405 e. The Morgan fingerprint density at radius 1 is 1.10 bits per heavy atom. The Morgan fingerprint density at radius 2 is 1.85 bits per heavy atom. The Kier molecular flexibility index (Phi) is 6.81. The molecular formula is C30H30N6O3. The standard InChI is InChI=1S/C30H30N6O3/c31-28(27-26(36-12-14-38-15-13-36)16-21(18-33-27)19-10-11-19)39-30(32)35-25-17-23(20-6-2-1-3-7-20)22-8-4-5-9-24(22)34-29(25)37/h1-9,16-19,25,31H,10-15H2,(H2,32,35)(H,34,37)/t25-/m0/s1. The van der Waals surface area contributed by atoms with Gasteiger partial charge in [0, 0.05) is 30.5 Å². The van der Waals surface area contributed by atoms with E-state index in [-0.39, 0.29) is 17.8 Å². The second kappa shape index (κ2) is 10.7. The van der Waals surface area contributed by atoms with E-state index < -0.39 is 6.04 Å². The summed E-state index contributed by atoms with van der Waals surface area (Å²) in [7, 11) is 0. The lowest BCUT2D eigenvalue weighted by Gasteiger charge is -2.30. The molecule has 2 fully saturated rings. The molecule has 3 aliphatic rings. The number of pyridine rings is 1. The van der Waals surface area contributed by atoms with Gasteiger partial charge in [0.15, 0.2) is 6.04 Å². The molecule has 198 valence electrons. The Morgan fingerprint density at radius 3 is 2.62 bits per heavy atom. The van der Waals surface area contributed by atoms with E-state index in [4.69, 9.17) is 20.6 Å². The van der Waals surface area contributed by atoms with Crippen molar-refractivity contribution < 1.29 is 14.3 Å². The first-order valence-corrected chi connectivity index (χ1v) is 13.2. The van der Waals surface area contributed by atoms with Crippen molar-refractivity contribution in [1.29, 1.82) is 5.41 Å². The summed E-state index contributed by atoms with van der Waals surface area (Å²) >= 11 is 0. The number of nitrogens with two attached hydrogens (primary N) is 1. The number of para-hydroxylation sites is 1. The first kappa shape index (κ1) is 24.8. The number of amides is 1. The summed E-state index contributed by atoms with van der Waals surface area (Å²) in [6.07, 6.45) is 5.90. The summed E-state index contributed by atoms with van der Waals surface area (Å²) in [5.74, 6) is -0.0337. The molecule has 2 aliphatic heterocycles. The van der Waals surface area contributed by atoms with Crippen LogP contribution in [0.3, 0.4) is 0 Å². The van der Waals surface area contributed by atoms with Crippen molar-refractivity contribution in [1.82, 2.24) is 4.98 Å². The molecule has 9 nitrogen and oxygen atoms in total. The average molecular weight is 523 g/mol. The summed E-state index contributed by atoms with van der Waals surface area (Å²) in [6.45, 7) is 2.63. The molecule has 39 heavy (non-hydrogen) atoms. The minimum absolute atomic E-state index is 0.218. The number of anilines is 2. The number of aromatic nitrogens is 1. The molecule has 4 N–H and O–H groups in total. The predicted octanol–water partition coefficient (Wildman–Crippen LogP) is 3.90. The fourth-order valence-electron chi connectivity index (χ4n) is 4.97. The number of hydrogen-bond acceptors (Lipinski definition) is 7. The molecular weight excluding hydrogens is 492 g/mol. The molecule has 1 saturated carbocycles. The zero-order chi connectivity index (χ0) is 26.8. The Labute approximate surface area is 226 Å². The largest absolute Gasteiger partial charge is 0.405 e. The van der Waals surface area contributed by atoms with Gasteiger partial charge in [-0.15, -0.1) is 0 Å². The molecule has 2 aromatic carbocycles. The second-order valence-corrected chi connectivity index (χ2v) is 9.83. The van der Waals surface area contributed by atoms with Gasteiger partial charge in [-0.3, -0.25) is 10.2 Å². The third kappa shape index (κ3) is 5.39. The number of aliphatic imine (C=N–C) groups is 1. The van der Waals surface area contributed by atoms with Gasteiger partial charge in [0.25, 0.3) is 11.9 Å². The molecule has 1 amide bonds. The highest BCUT2D eigenvalue weighted by Gasteiger charge is 2.28. The quantitative estimate of drug-likeness (QED) is 0.345. The van der Waals surface area contributed by atoms with Crippen LogP contribution < -0.4 is 16.0 Å². The lowest BCUT2D eigenvalue weighted by Crippen LogP contribution is -2.38. The maximum Gasteiger partial charge on any atom is 0.290 e. The predicted molar refractivity (Wildman–Crippen MR) is 151 cm³/mol. The van der Waals surface area contributed by atoms with E-state index in [9.17, 15) is 4.79 Å². The topological polar surface area (TPSA) is 126 Å². The van der Waals surface area contributed by atoms with Crippen LogP contribution in [0.5, 0.6) is 0 Å². The van der Waals surface area contributed by atoms with E-state index in [1.54, 1.807) is 6.08 Å². The molecule has 0 bridgehead atoms. The van der Waals surface area contributed by atoms with E-state index in [0.717, 1.165) is 35.2 Å². The highest BCUT2D eigenvalue weighted by molar-refractivity contribution is 6.06. The van der Waals surface area contributed by atoms with Crippen molar-refractivity contribution in [2.75, 3.05) is 36.5 Å². The van der Waals surface area contributed by atoms with Gasteiger partial charge in [-0.25, -0.2) is 9.98 Å². The van der Waals surface area contributed by atoms with Crippen molar-refractivity contribution in [2.24, 2.45) is 10.7 Å². The second-order valence-electron chi connectivity index (χ2n) is 9.83. The summed E-state index contributed by atoms with van der Waals surface area (Å²) in [6, 6.07) is 18.3. The number of hydrogen-bond donors (Lipinski definition) is 3. The normalized spacial score (nSPS) is 19.4. The van der Waals surface area contributed by atoms with Gasteiger partial charge in [0.2, 0.25) is 5.90 Å². The van der Waals surface area contributed by atoms with E-state index in [1.165, 1.54) is 5.56 Å². The van der Waals surface area contributed by atoms with Crippen LogP contribution in [0.4, 0.5) is 11.4 Å². The molecule has 1 aromatic heterocycles. The molecule has 3 aromatic rings. The van der Waals surface area contributed by atoms with E-state index in [0.29, 0.717) is 43.6 Å². The van der Waals surface area contributed by atoms with Crippen molar-refractivity contribution >= 4 is 34.8 Å². The SMILES string of the molecule is N=C(OC(N)=N[C@H]1C=C(c2ccccc2)c2ccccc2NC1=O)c1ncc(C2CC2)cc1N1CCOCC1. The molecule has 0 radical (unpaired) electrons. The van der Waals surface area contributed by atoms with Crippen LogP contribution in [-0.4, -0.2) is 55.2 Å². The van der Waals surface area contributed by atoms with Crippen LogP contribution in [0.1, 0.15) is 41.1 Å². The Hall–Kier alpha value is -4.50. The molecule has 0 unspecified atom stereocenters. The first-order valence-electron chi connectivity index (χ1n) is 13.2. The molecule has 1 aliphatic carbocycles. The third-order valence-electron chi connectivity index (χ3n) is 7.13. The number of benzene rings is 2. The molecule has 0 spiro atoms. The third-order valence-corrected chi connectivity index (χ3v) is 7.13. The van der Waals surface area contributed by atoms with Crippen LogP contribution in [0, 0.1) is 5.41 Å². The maximum absolute atomic E-state index is 13.2. The summed E-state index contributed by atoms with van der Waals surface area (Å²) in [4.78, 5) is 24.3. The fraction of sp³-hybridized carbons (Fsp3) is 0.267. The summed E-state index contributed by atoms with van der Waals surface area (Å²) in [5, 5.41) is 11.6. The van der Waals surface area contributed by atoms with Crippen molar-refractivity contribution in [2.45, 2.75) is 24.8 Å². The number of nitrogens with zero attached hydrogens (tertiary/aromatic N) is 3. The molecule has 1 atom stereocenters. The fourth-order valence-corrected chi connectivity index (χ4v) is 4.97. The van der Waals surface area contributed by atoms with E-state index in [1.807, 2.05) is 60.8 Å². The number of rotatable bonds is 5. The lowest BCUT2D eigenvalue weighted by atomic mass is 9.96. The van der Waals surface area contributed by atoms with Crippen molar-refractivity contribution in [3.8, 4) is 0 Å². The molecule has 9 heteroatoms. The highest BCUT2D eigenvalue weighted by atomic mass is 16.5. The van der Waals surface area contributed by atoms with Crippen molar-refractivity contribution in [3.05, 3.63) is 95.3 Å². The smallest absolute Gasteiger partial charge is 0.290 e. The van der Waals surface area contributed by atoms with Gasteiger partial charge in [0.05, 0.1) is 18.9 Å². The molecule has 1 saturated heterocycles. The summed E-state index contributed by atoms with van der Waals surface area (Å²) in [5.41, 5.74) is 11.9. The van der Waals surface area contributed by atoms with Gasteiger partial charge >= 0.3 is 0 Å². The Bertz CT molecular complexity index is 1460. The van der Waals surface area contributed by atoms with E-state index in [2.05, 4.69) is 26.3 Å². The summed E-state index contributed by atoms with van der Waals surface area (Å²) < 4.78 is 11.2. The van der Waals surface area contributed by atoms with Crippen LogP contribution >= 0.6 is 0 Å². The van der Waals surface area contributed by atoms with Gasteiger partial charge in [-0.2, -0.15) is 0 Å². The maximum atomic E-state index is 13.2. The first-order chi connectivity index (χ1) is 19.1. The van der Waals surface area contributed by atoms with Gasteiger partial charge in [-0.05, 0) is 53.7 Å². The lowest BCUT2D eigenvalue weighted by molar-refractivity contribution is -0.116. The van der Waals surface area contributed by atoms with Gasteiger partial charge < -0.3 is 25.4 Å². The zero-order valence-corrected chi connectivity index (χ0v) is 21.5. The zero-order valence-electron chi connectivity index (χ0n) is 21.5. The number of carbonyl (C=O) groups is 1. The monoisotopic (exact) mass is 522 g/mol. The number of ether oxygens (including phenoxy) is 2. The number of amidine groups is 1.